The number of imidazole rings is 1. The van der Waals surface area contributed by atoms with Crippen molar-refractivity contribution in [1.82, 2.24) is 19.5 Å². The maximum absolute atomic E-state index is 12.8. The second kappa shape index (κ2) is 9.30. The van der Waals surface area contributed by atoms with E-state index in [1.54, 1.807) is 50.6 Å². The average molecular weight is 463 g/mol. The van der Waals surface area contributed by atoms with Crippen LogP contribution in [-0.4, -0.2) is 31.0 Å². The lowest BCUT2D eigenvalue weighted by atomic mass is 10.1. The predicted octanol–water partition coefficient (Wildman–Crippen LogP) is 5.16. The number of hydrogen-bond acceptors (Lipinski definition) is 6. The minimum atomic E-state index is -1.08. The van der Waals surface area contributed by atoms with Gasteiger partial charge >= 0.3 is 0 Å². The highest BCUT2D eigenvalue weighted by Gasteiger charge is 2.30. The third-order valence-corrected chi connectivity index (χ3v) is 4.99. The van der Waals surface area contributed by atoms with Crippen LogP contribution in [0.5, 0.6) is 5.75 Å². The molecule has 0 aliphatic rings. The van der Waals surface area contributed by atoms with E-state index in [0.29, 0.717) is 33.9 Å². The Balaban J connectivity index is 1.41. The van der Waals surface area contributed by atoms with Crippen LogP contribution in [0.2, 0.25) is 5.02 Å². The first-order chi connectivity index (χ1) is 15.8. The number of nitrogens with zero attached hydrogens (tertiary/aromatic N) is 4. The number of aromatic nitrogens is 4. The molecule has 9 heteroatoms. The van der Waals surface area contributed by atoms with Gasteiger partial charge in [0.2, 0.25) is 0 Å². The third-order valence-electron chi connectivity index (χ3n) is 4.74. The SMILES string of the molecule is Cc1nc(Nc2ccc(NC(=O)C(C)(C)Oc3ccc(Cl)cc3)cc2)cc(-n2ccnc2)n1. The van der Waals surface area contributed by atoms with E-state index >= 15 is 0 Å². The lowest BCUT2D eigenvalue weighted by molar-refractivity contribution is -0.128. The van der Waals surface area contributed by atoms with Crippen LogP contribution >= 0.6 is 11.6 Å². The van der Waals surface area contributed by atoms with Crippen LogP contribution < -0.4 is 15.4 Å². The zero-order chi connectivity index (χ0) is 23.4. The quantitative estimate of drug-likeness (QED) is 0.394. The first kappa shape index (κ1) is 22.3. The molecule has 0 bridgehead atoms. The molecule has 2 aromatic heterocycles. The Morgan fingerprint density at radius 3 is 2.39 bits per heavy atom. The number of carbonyl (C=O) groups is 1. The van der Waals surface area contributed by atoms with E-state index in [9.17, 15) is 4.79 Å². The van der Waals surface area contributed by atoms with Crippen LogP contribution in [0.1, 0.15) is 19.7 Å². The molecular formula is C24H23ClN6O2. The summed E-state index contributed by atoms with van der Waals surface area (Å²) >= 11 is 5.90. The number of hydrogen-bond donors (Lipinski definition) is 2. The molecule has 4 aromatic rings. The van der Waals surface area contributed by atoms with Crippen LogP contribution in [-0.2, 0) is 4.79 Å². The summed E-state index contributed by atoms with van der Waals surface area (Å²) in [5.74, 6) is 2.30. The van der Waals surface area contributed by atoms with Gasteiger partial charge in [-0.05, 0) is 69.3 Å². The highest BCUT2D eigenvalue weighted by atomic mass is 35.5. The number of amides is 1. The molecule has 0 radical (unpaired) electrons. The fourth-order valence-corrected chi connectivity index (χ4v) is 3.18. The van der Waals surface area contributed by atoms with Gasteiger partial charge in [-0.3, -0.25) is 9.36 Å². The number of anilines is 3. The van der Waals surface area contributed by atoms with Gasteiger partial charge in [0.05, 0.1) is 0 Å². The number of ether oxygens (including phenoxy) is 1. The summed E-state index contributed by atoms with van der Waals surface area (Å²) in [7, 11) is 0. The molecule has 0 unspecified atom stereocenters. The fraction of sp³-hybridized carbons (Fsp3) is 0.167. The van der Waals surface area contributed by atoms with Crippen molar-refractivity contribution in [3.05, 3.63) is 84.2 Å². The van der Waals surface area contributed by atoms with Crippen molar-refractivity contribution in [2.75, 3.05) is 10.6 Å². The van der Waals surface area contributed by atoms with Crippen LogP contribution in [0.3, 0.4) is 0 Å². The minimum Gasteiger partial charge on any atom is -0.478 e. The van der Waals surface area contributed by atoms with Gasteiger partial charge in [0, 0.05) is 34.9 Å². The van der Waals surface area contributed by atoms with E-state index in [-0.39, 0.29) is 5.91 Å². The number of halogens is 1. The molecule has 0 aliphatic carbocycles. The van der Waals surface area contributed by atoms with Gasteiger partial charge in [0.25, 0.3) is 5.91 Å². The van der Waals surface area contributed by atoms with Crippen molar-refractivity contribution in [2.24, 2.45) is 0 Å². The summed E-state index contributed by atoms with van der Waals surface area (Å²) in [5, 5.41) is 6.76. The Bertz CT molecular complexity index is 1240. The normalized spacial score (nSPS) is 11.2. The van der Waals surface area contributed by atoms with Crippen LogP contribution in [0, 0.1) is 6.92 Å². The lowest BCUT2D eigenvalue weighted by Crippen LogP contribution is -2.42. The number of aryl methyl sites for hydroxylation is 1. The monoisotopic (exact) mass is 462 g/mol. The maximum atomic E-state index is 12.8. The molecule has 0 aliphatic heterocycles. The van der Waals surface area contributed by atoms with Crippen molar-refractivity contribution < 1.29 is 9.53 Å². The Labute approximate surface area is 196 Å². The van der Waals surface area contributed by atoms with Crippen molar-refractivity contribution >= 4 is 34.7 Å². The molecule has 2 N–H and O–H groups in total. The number of nitrogens with one attached hydrogen (secondary N) is 2. The first-order valence-corrected chi connectivity index (χ1v) is 10.6. The summed E-state index contributed by atoms with van der Waals surface area (Å²) in [6, 6.07) is 16.1. The average Bonchev–Trinajstić information content (AvgIpc) is 3.31. The summed E-state index contributed by atoms with van der Waals surface area (Å²) in [6.07, 6.45) is 5.20. The number of rotatable bonds is 7. The molecule has 168 valence electrons. The fourth-order valence-electron chi connectivity index (χ4n) is 3.05. The number of carbonyl (C=O) groups excluding carboxylic acids is 1. The van der Waals surface area contributed by atoms with E-state index in [4.69, 9.17) is 16.3 Å². The van der Waals surface area contributed by atoms with Gasteiger partial charge in [-0.2, -0.15) is 0 Å². The molecule has 1 amide bonds. The molecule has 2 heterocycles. The summed E-state index contributed by atoms with van der Waals surface area (Å²) in [4.78, 5) is 25.7. The van der Waals surface area contributed by atoms with Crippen LogP contribution in [0.15, 0.2) is 73.3 Å². The third kappa shape index (κ3) is 5.67. The summed E-state index contributed by atoms with van der Waals surface area (Å²) < 4.78 is 7.65. The molecule has 33 heavy (non-hydrogen) atoms. The van der Waals surface area contributed by atoms with Crippen molar-refractivity contribution in [3.8, 4) is 11.6 Å². The summed E-state index contributed by atoms with van der Waals surface area (Å²) in [5.41, 5.74) is 0.392. The van der Waals surface area contributed by atoms with Crippen LogP contribution in [0.25, 0.3) is 5.82 Å². The standard InChI is InChI=1S/C24H23ClN6O2/c1-16-27-21(14-22(28-16)31-13-12-26-15-31)29-18-6-8-19(9-7-18)30-23(32)24(2,3)33-20-10-4-17(25)5-11-20/h4-15H,1-3H3,(H,30,32)(H,27,28,29). The molecule has 0 fully saturated rings. The molecule has 4 rings (SSSR count). The predicted molar refractivity (Wildman–Crippen MR) is 128 cm³/mol. The molecule has 0 saturated carbocycles. The van der Waals surface area contributed by atoms with E-state index in [1.807, 2.05) is 48.0 Å². The van der Waals surface area contributed by atoms with Crippen molar-refractivity contribution in [1.29, 1.82) is 0 Å². The molecule has 8 nitrogen and oxygen atoms in total. The highest BCUT2D eigenvalue weighted by Crippen LogP contribution is 2.23. The minimum absolute atomic E-state index is 0.269. The smallest absolute Gasteiger partial charge is 0.267 e. The van der Waals surface area contributed by atoms with Gasteiger partial charge in [0.15, 0.2) is 5.60 Å². The Hall–Kier alpha value is -3.91. The van der Waals surface area contributed by atoms with E-state index < -0.39 is 5.60 Å². The second-order valence-electron chi connectivity index (χ2n) is 7.85. The van der Waals surface area contributed by atoms with Crippen LogP contribution in [0.4, 0.5) is 17.2 Å². The summed E-state index contributed by atoms with van der Waals surface area (Å²) in [6.45, 7) is 5.25. The molecular weight excluding hydrogens is 440 g/mol. The Morgan fingerprint density at radius 2 is 1.73 bits per heavy atom. The molecule has 0 saturated heterocycles. The van der Waals surface area contributed by atoms with Gasteiger partial charge in [-0.25, -0.2) is 15.0 Å². The highest BCUT2D eigenvalue weighted by molar-refractivity contribution is 6.30. The topological polar surface area (TPSA) is 94.0 Å². The van der Waals surface area contributed by atoms with Gasteiger partial charge in [0.1, 0.15) is 29.5 Å². The number of benzene rings is 2. The van der Waals surface area contributed by atoms with Gasteiger partial charge in [-0.1, -0.05) is 11.6 Å². The molecule has 0 atom stereocenters. The zero-order valence-corrected chi connectivity index (χ0v) is 19.2. The second-order valence-corrected chi connectivity index (χ2v) is 8.29. The first-order valence-electron chi connectivity index (χ1n) is 10.3. The van der Waals surface area contributed by atoms with E-state index in [1.165, 1.54) is 0 Å². The van der Waals surface area contributed by atoms with Gasteiger partial charge < -0.3 is 15.4 Å². The zero-order valence-electron chi connectivity index (χ0n) is 18.4. The van der Waals surface area contributed by atoms with E-state index in [2.05, 4.69) is 25.6 Å². The molecule has 0 spiro atoms. The van der Waals surface area contributed by atoms with Gasteiger partial charge in [-0.15, -0.1) is 0 Å². The Morgan fingerprint density at radius 1 is 1.03 bits per heavy atom. The van der Waals surface area contributed by atoms with Crippen molar-refractivity contribution in [3.63, 3.8) is 0 Å². The maximum Gasteiger partial charge on any atom is 0.267 e. The lowest BCUT2D eigenvalue weighted by Gasteiger charge is -2.25. The largest absolute Gasteiger partial charge is 0.478 e. The Kier molecular flexibility index (Phi) is 6.28. The molecule has 2 aromatic carbocycles. The van der Waals surface area contributed by atoms with Crippen molar-refractivity contribution in [2.45, 2.75) is 26.4 Å². The van der Waals surface area contributed by atoms with E-state index in [0.717, 1.165) is 5.69 Å².